The number of aromatic nitrogens is 1. The molecule has 1 aromatic heterocycles. The molecule has 7 heteroatoms. The van der Waals surface area contributed by atoms with Crippen molar-refractivity contribution in [3.05, 3.63) is 97.9 Å². The number of carbonyl (C=O) groups is 1. The minimum absolute atomic E-state index is 0.134. The maximum absolute atomic E-state index is 12.9. The molecule has 2 aliphatic heterocycles. The summed E-state index contributed by atoms with van der Waals surface area (Å²) in [6, 6.07) is 15.7. The number of thioether (sulfide) groups is 1. The van der Waals surface area contributed by atoms with Crippen molar-refractivity contribution in [2.45, 2.75) is 23.6 Å². The van der Waals surface area contributed by atoms with Crippen molar-refractivity contribution in [1.82, 2.24) is 9.58 Å². The summed E-state index contributed by atoms with van der Waals surface area (Å²) in [4.78, 5) is 28.0. The molecule has 1 unspecified atom stereocenters. The molecule has 0 bridgehead atoms. The van der Waals surface area contributed by atoms with E-state index in [-0.39, 0.29) is 17.4 Å². The summed E-state index contributed by atoms with van der Waals surface area (Å²) in [6.45, 7) is 2.11. The van der Waals surface area contributed by atoms with E-state index < -0.39 is 0 Å². The van der Waals surface area contributed by atoms with E-state index >= 15 is 0 Å². The summed E-state index contributed by atoms with van der Waals surface area (Å²) < 4.78 is 1.85. The van der Waals surface area contributed by atoms with Crippen LogP contribution < -0.4 is 10.4 Å². The predicted octanol–water partition coefficient (Wildman–Crippen LogP) is 4.19. The number of pyridine rings is 1. The van der Waals surface area contributed by atoms with Gasteiger partial charge in [0.15, 0.2) is 5.43 Å². The standard InChI is InChI=1S/C23H20ClN3O2S/c1-14-19(28)10-11-26-20(14)23(29)25(2)13-27(26)21-16-7-4-3-6-15(16)12-30-22-17(21)8-5-9-18(22)24/h3-11,21H,12-13H2,1-2H3. The molecule has 0 N–H and O–H groups in total. The summed E-state index contributed by atoms with van der Waals surface area (Å²) in [6.07, 6.45) is 1.71. The van der Waals surface area contributed by atoms with Crippen LogP contribution in [0.3, 0.4) is 0 Å². The SMILES string of the molecule is Cc1c2n(ccc1=O)N(C1c3ccccc3CSc3c(Cl)cccc31)CN(C)C2=O. The lowest BCUT2D eigenvalue weighted by atomic mass is 9.94. The van der Waals surface area contributed by atoms with Crippen LogP contribution >= 0.6 is 23.4 Å². The second kappa shape index (κ2) is 7.22. The zero-order valence-corrected chi connectivity index (χ0v) is 18.2. The normalized spacial score (nSPS) is 17.8. The number of amides is 1. The zero-order chi connectivity index (χ0) is 21.0. The number of hydrogen-bond acceptors (Lipinski definition) is 4. The van der Waals surface area contributed by atoms with Crippen molar-refractivity contribution >= 4 is 29.3 Å². The van der Waals surface area contributed by atoms with Gasteiger partial charge in [0.05, 0.1) is 11.1 Å². The lowest BCUT2D eigenvalue weighted by Crippen LogP contribution is -2.54. The molecule has 2 aliphatic rings. The van der Waals surface area contributed by atoms with E-state index in [4.69, 9.17) is 11.6 Å². The van der Waals surface area contributed by atoms with Crippen molar-refractivity contribution in [1.29, 1.82) is 0 Å². The Morgan fingerprint density at radius 3 is 2.63 bits per heavy atom. The highest BCUT2D eigenvalue weighted by atomic mass is 35.5. The third kappa shape index (κ3) is 2.86. The lowest BCUT2D eigenvalue weighted by Gasteiger charge is -2.43. The van der Waals surface area contributed by atoms with E-state index in [0.29, 0.717) is 17.9 Å². The number of hydrogen-bond donors (Lipinski definition) is 0. The van der Waals surface area contributed by atoms with Crippen LogP contribution in [0.5, 0.6) is 0 Å². The van der Waals surface area contributed by atoms with Gasteiger partial charge in [0.2, 0.25) is 0 Å². The van der Waals surface area contributed by atoms with E-state index in [2.05, 4.69) is 29.3 Å². The number of benzene rings is 2. The maximum atomic E-state index is 12.9. The molecule has 2 aromatic carbocycles. The second-order valence-electron chi connectivity index (χ2n) is 7.63. The third-order valence-corrected chi connectivity index (χ3v) is 7.44. The van der Waals surface area contributed by atoms with Gasteiger partial charge in [0, 0.05) is 35.5 Å². The van der Waals surface area contributed by atoms with Crippen LogP contribution in [0.25, 0.3) is 0 Å². The molecule has 3 heterocycles. The molecule has 0 saturated heterocycles. The molecule has 30 heavy (non-hydrogen) atoms. The molecule has 3 aromatic rings. The van der Waals surface area contributed by atoms with E-state index in [1.807, 2.05) is 22.9 Å². The predicted molar refractivity (Wildman–Crippen MR) is 120 cm³/mol. The summed E-state index contributed by atoms with van der Waals surface area (Å²) in [5.74, 6) is 0.672. The van der Waals surface area contributed by atoms with Gasteiger partial charge in [0.1, 0.15) is 12.4 Å². The molecule has 0 saturated carbocycles. The number of fused-ring (bicyclic) bond motifs is 3. The second-order valence-corrected chi connectivity index (χ2v) is 9.02. The van der Waals surface area contributed by atoms with E-state index in [0.717, 1.165) is 21.2 Å². The van der Waals surface area contributed by atoms with Gasteiger partial charge in [-0.3, -0.25) is 19.3 Å². The Hall–Kier alpha value is -2.70. The number of rotatable bonds is 1. The van der Waals surface area contributed by atoms with Crippen LogP contribution in [0.2, 0.25) is 5.02 Å². The third-order valence-electron chi connectivity index (χ3n) is 5.82. The van der Waals surface area contributed by atoms with Crippen LogP contribution in [-0.2, 0) is 5.75 Å². The zero-order valence-electron chi connectivity index (χ0n) is 16.6. The summed E-state index contributed by atoms with van der Waals surface area (Å²) >= 11 is 8.34. The highest BCUT2D eigenvalue weighted by molar-refractivity contribution is 7.98. The fourth-order valence-electron chi connectivity index (χ4n) is 4.30. The summed E-state index contributed by atoms with van der Waals surface area (Å²) in [5, 5.41) is 2.87. The van der Waals surface area contributed by atoms with Crippen molar-refractivity contribution in [3.63, 3.8) is 0 Å². The van der Waals surface area contributed by atoms with Crippen LogP contribution in [0.4, 0.5) is 0 Å². The molecule has 1 atom stereocenters. The molecule has 0 radical (unpaired) electrons. The first-order valence-electron chi connectivity index (χ1n) is 9.71. The molecular weight excluding hydrogens is 418 g/mol. The Bertz CT molecular complexity index is 1240. The Morgan fingerprint density at radius 2 is 1.80 bits per heavy atom. The van der Waals surface area contributed by atoms with Crippen LogP contribution in [-0.4, -0.2) is 29.2 Å². The van der Waals surface area contributed by atoms with E-state index in [1.165, 1.54) is 17.2 Å². The number of carbonyl (C=O) groups excluding carboxylic acids is 1. The van der Waals surface area contributed by atoms with Crippen molar-refractivity contribution in [3.8, 4) is 0 Å². The monoisotopic (exact) mass is 437 g/mol. The fourth-order valence-corrected chi connectivity index (χ4v) is 5.76. The van der Waals surface area contributed by atoms with Gasteiger partial charge >= 0.3 is 0 Å². The largest absolute Gasteiger partial charge is 0.321 e. The van der Waals surface area contributed by atoms with Crippen molar-refractivity contribution < 1.29 is 4.79 Å². The molecule has 152 valence electrons. The van der Waals surface area contributed by atoms with E-state index in [9.17, 15) is 9.59 Å². The Kier molecular flexibility index (Phi) is 4.64. The summed E-state index contributed by atoms with van der Waals surface area (Å²) in [7, 11) is 1.77. The van der Waals surface area contributed by atoms with Gasteiger partial charge in [-0.25, -0.2) is 0 Å². The highest BCUT2D eigenvalue weighted by Crippen LogP contribution is 2.45. The van der Waals surface area contributed by atoms with E-state index in [1.54, 1.807) is 36.8 Å². The molecule has 5 nitrogen and oxygen atoms in total. The molecule has 0 aliphatic carbocycles. The van der Waals surface area contributed by atoms with Crippen molar-refractivity contribution in [2.75, 3.05) is 18.7 Å². The number of halogens is 1. The first-order chi connectivity index (χ1) is 14.5. The number of nitrogens with zero attached hydrogens (tertiary/aromatic N) is 3. The topological polar surface area (TPSA) is 45.6 Å². The van der Waals surface area contributed by atoms with Gasteiger partial charge in [-0.2, -0.15) is 0 Å². The molecular formula is C23H20ClN3O2S. The first-order valence-corrected chi connectivity index (χ1v) is 11.1. The average Bonchev–Trinajstić information content (AvgIpc) is 2.91. The summed E-state index contributed by atoms with van der Waals surface area (Å²) in [5.41, 5.74) is 4.25. The first kappa shape index (κ1) is 19.3. The quantitative estimate of drug-likeness (QED) is 0.572. The Labute approximate surface area is 183 Å². The molecule has 1 amide bonds. The van der Waals surface area contributed by atoms with Gasteiger partial charge in [-0.15, -0.1) is 11.8 Å². The molecule has 0 fully saturated rings. The van der Waals surface area contributed by atoms with Gasteiger partial charge in [-0.1, -0.05) is 48.0 Å². The highest BCUT2D eigenvalue weighted by Gasteiger charge is 2.36. The fraction of sp³-hybridized carbons (Fsp3) is 0.217. The van der Waals surface area contributed by atoms with Gasteiger partial charge < -0.3 is 4.90 Å². The molecule has 0 spiro atoms. The van der Waals surface area contributed by atoms with Crippen molar-refractivity contribution in [2.24, 2.45) is 0 Å². The van der Waals surface area contributed by atoms with Gasteiger partial charge in [-0.05, 0) is 29.7 Å². The lowest BCUT2D eigenvalue weighted by molar-refractivity contribution is 0.0730. The Morgan fingerprint density at radius 1 is 1.03 bits per heavy atom. The minimum atomic E-state index is -0.152. The van der Waals surface area contributed by atoms with Crippen LogP contribution in [0, 0.1) is 6.92 Å². The Balaban J connectivity index is 1.80. The van der Waals surface area contributed by atoms with Crippen LogP contribution in [0.15, 0.2) is 64.4 Å². The minimum Gasteiger partial charge on any atom is -0.321 e. The average molecular weight is 438 g/mol. The smallest absolute Gasteiger partial charge is 0.274 e. The molecule has 5 rings (SSSR count). The maximum Gasteiger partial charge on any atom is 0.274 e. The van der Waals surface area contributed by atoms with Gasteiger partial charge in [0.25, 0.3) is 5.91 Å². The van der Waals surface area contributed by atoms with Crippen LogP contribution in [0.1, 0.15) is 38.8 Å².